The smallest absolute Gasteiger partial charge is 0.312 e. The molecule has 5 nitrogen and oxygen atoms in total. The zero-order valence-corrected chi connectivity index (χ0v) is 4.86. The molecule has 0 fully saturated rings. The molecule has 0 aliphatic heterocycles. The van der Waals surface area contributed by atoms with E-state index in [-0.39, 0.29) is 6.42 Å². The van der Waals surface area contributed by atoms with Crippen molar-refractivity contribution < 1.29 is 14.5 Å². The molecule has 0 aliphatic rings. The van der Waals surface area contributed by atoms with Crippen molar-refractivity contribution in [3.05, 3.63) is 16.7 Å². The number of carbonyl (C=O) groups is 1. The van der Waals surface area contributed by atoms with Crippen LogP contribution in [0.25, 0.3) is 0 Å². The van der Waals surface area contributed by atoms with Gasteiger partial charge in [-0.15, -0.1) is 0 Å². The summed E-state index contributed by atoms with van der Waals surface area (Å²) in [5.41, 5.74) is 0. The van der Waals surface area contributed by atoms with Crippen LogP contribution < -0.4 is 0 Å². The number of methoxy groups -OCH3 is 1. The maximum absolute atomic E-state index is 10.2. The second-order valence-corrected chi connectivity index (χ2v) is 1.25. The van der Waals surface area contributed by atoms with Crippen LogP contribution in [0.2, 0.25) is 0 Å². The molecular weight excluding hydrogens is 126 g/mol. The second-order valence-electron chi connectivity index (χ2n) is 1.25. The largest absolute Gasteiger partial charge is 0.469 e. The van der Waals surface area contributed by atoms with Gasteiger partial charge in [0.15, 0.2) is 0 Å². The Balaban J connectivity index is 3.28. The number of ether oxygens (including phenoxy) is 1. The van der Waals surface area contributed by atoms with Gasteiger partial charge in [0.1, 0.15) is 6.42 Å². The van der Waals surface area contributed by atoms with Crippen molar-refractivity contribution in [1.82, 2.24) is 0 Å². The lowest BCUT2D eigenvalue weighted by molar-refractivity contribution is -0.436. The van der Waals surface area contributed by atoms with E-state index in [1.807, 2.05) is 0 Å². The van der Waals surface area contributed by atoms with E-state index in [1.54, 1.807) is 0 Å². The number of nitro groups is 1. The standard InChI is InChI=1S/C4H6NO4/c1-9-4(6)2-3-5(7)8/h3H,2H2,1H3. The van der Waals surface area contributed by atoms with Crippen LogP contribution in [0.15, 0.2) is 0 Å². The molecule has 5 heteroatoms. The monoisotopic (exact) mass is 132 g/mol. The first-order valence-electron chi connectivity index (χ1n) is 2.20. The number of hydrogen-bond acceptors (Lipinski definition) is 4. The van der Waals surface area contributed by atoms with Crippen LogP contribution in [0.4, 0.5) is 0 Å². The summed E-state index contributed by atoms with van der Waals surface area (Å²) < 4.78 is 4.13. The van der Waals surface area contributed by atoms with Gasteiger partial charge in [0.05, 0.1) is 7.11 Å². The van der Waals surface area contributed by atoms with E-state index in [9.17, 15) is 14.9 Å². The molecule has 0 bridgehead atoms. The van der Waals surface area contributed by atoms with Crippen molar-refractivity contribution in [2.45, 2.75) is 6.42 Å². The van der Waals surface area contributed by atoms with Gasteiger partial charge >= 0.3 is 5.97 Å². The predicted molar refractivity (Wildman–Crippen MR) is 27.9 cm³/mol. The van der Waals surface area contributed by atoms with Crippen molar-refractivity contribution in [2.24, 2.45) is 0 Å². The summed E-state index contributed by atoms with van der Waals surface area (Å²) in [7, 11) is 1.18. The highest BCUT2D eigenvalue weighted by atomic mass is 16.6. The number of nitrogens with zero attached hydrogens (tertiary/aromatic N) is 1. The Bertz CT molecular complexity index is 122. The maximum Gasteiger partial charge on any atom is 0.312 e. The van der Waals surface area contributed by atoms with E-state index < -0.39 is 10.9 Å². The number of carbonyl (C=O) groups excluding carboxylic acids is 1. The molecule has 0 atom stereocenters. The van der Waals surface area contributed by atoms with E-state index in [1.165, 1.54) is 7.11 Å². The molecule has 0 saturated carbocycles. The van der Waals surface area contributed by atoms with Gasteiger partial charge in [0, 0.05) is 4.92 Å². The normalized spacial score (nSPS) is 8.56. The molecule has 0 rings (SSSR count). The van der Waals surface area contributed by atoms with Crippen LogP contribution in [0.1, 0.15) is 6.42 Å². The third kappa shape index (κ3) is 4.73. The summed E-state index contributed by atoms with van der Waals surface area (Å²) in [5, 5.41) is 9.56. The minimum absolute atomic E-state index is 0.274. The van der Waals surface area contributed by atoms with Crippen LogP contribution >= 0.6 is 0 Å². The average Bonchev–Trinajstić information content (AvgIpc) is 1.83. The van der Waals surface area contributed by atoms with Crippen LogP contribution in [0.5, 0.6) is 0 Å². The molecule has 0 spiro atoms. The fourth-order valence-electron chi connectivity index (χ4n) is 0.232. The Kier molecular flexibility index (Phi) is 3.34. The third-order valence-corrected chi connectivity index (χ3v) is 0.635. The van der Waals surface area contributed by atoms with Gasteiger partial charge in [-0.1, -0.05) is 0 Å². The van der Waals surface area contributed by atoms with Crippen LogP contribution in [0, 0.1) is 16.7 Å². The highest BCUT2D eigenvalue weighted by Crippen LogP contribution is 1.88. The van der Waals surface area contributed by atoms with Crippen molar-refractivity contribution in [2.75, 3.05) is 7.11 Å². The second kappa shape index (κ2) is 3.82. The van der Waals surface area contributed by atoms with Gasteiger partial charge in [-0.3, -0.25) is 14.9 Å². The Labute approximate surface area is 51.8 Å². The minimum atomic E-state index is -0.684. The maximum atomic E-state index is 10.2. The molecule has 0 saturated heterocycles. The zero-order chi connectivity index (χ0) is 7.28. The summed E-state index contributed by atoms with van der Waals surface area (Å²) in [6.07, 6.45) is -0.274. The molecule has 0 unspecified atom stereocenters. The zero-order valence-electron chi connectivity index (χ0n) is 4.86. The first-order chi connectivity index (χ1) is 4.16. The number of rotatable bonds is 3. The molecule has 1 radical (unpaired) electrons. The number of esters is 1. The lowest BCUT2D eigenvalue weighted by Gasteiger charge is -1.90. The molecule has 0 heterocycles. The Hall–Kier alpha value is -1.13. The Morgan fingerprint density at radius 1 is 1.89 bits per heavy atom. The topological polar surface area (TPSA) is 69.4 Å². The summed E-state index contributed by atoms with van der Waals surface area (Å²) in [6, 6.07) is 0. The molecule has 0 aromatic carbocycles. The first kappa shape index (κ1) is 7.87. The van der Waals surface area contributed by atoms with E-state index in [4.69, 9.17) is 0 Å². The molecule has 0 aromatic heterocycles. The summed E-state index contributed by atoms with van der Waals surface area (Å²) >= 11 is 0. The summed E-state index contributed by atoms with van der Waals surface area (Å²) in [6.45, 7) is 0.645. The van der Waals surface area contributed by atoms with Crippen molar-refractivity contribution in [3.63, 3.8) is 0 Å². The minimum Gasteiger partial charge on any atom is -0.469 e. The van der Waals surface area contributed by atoms with E-state index in [2.05, 4.69) is 4.74 Å². The van der Waals surface area contributed by atoms with Crippen LogP contribution in [0.3, 0.4) is 0 Å². The van der Waals surface area contributed by atoms with E-state index in [0.717, 1.165) is 0 Å². The van der Waals surface area contributed by atoms with Crippen molar-refractivity contribution in [1.29, 1.82) is 0 Å². The van der Waals surface area contributed by atoms with Crippen LogP contribution in [-0.2, 0) is 9.53 Å². The first-order valence-corrected chi connectivity index (χ1v) is 2.20. The SMILES string of the molecule is COC(=O)C[CH][N+](=O)[O-]. The molecule has 0 amide bonds. The van der Waals surface area contributed by atoms with E-state index in [0.29, 0.717) is 6.54 Å². The highest BCUT2D eigenvalue weighted by molar-refractivity contribution is 5.69. The summed E-state index contributed by atoms with van der Waals surface area (Å²) in [4.78, 5) is 19.0. The highest BCUT2D eigenvalue weighted by Gasteiger charge is 2.06. The lowest BCUT2D eigenvalue weighted by atomic mass is 10.4. The van der Waals surface area contributed by atoms with Crippen molar-refractivity contribution >= 4 is 5.97 Å². The van der Waals surface area contributed by atoms with E-state index >= 15 is 0 Å². The molecule has 51 valence electrons. The van der Waals surface area contributed by atoms with Crippen LogP contribution in [-0.4, -0.2) is 18.0 Å². The van der Waals surface area contributed by atoms with Gasteiger partial charge < -0.3 is 4.74 Å². The third-order valence-electron chi connectivity index (χ3n) is 0.635. The molecule has 0 N–H and O–H groups in total. The predicted octanol–water partition coefficient (Wildman–Crippen LogP) is -0.0120. The fraction of sp³-hybridized carbons (Fsp3) is 0.500. The van der Waals surface area contributed by atoms with Gasteiger partial charge in [0.25, 0.3) is 6.54 Å². The van der Waals surface area contributed by atoms with Gasteiger partial charge in [-0.05, 0) is 0 Å². The Morgan fingerprint density at radius 3 is 2.78 bits per heavy atom. The number of hydrogen-bond donors (Lipinski definition) is 0. The molecular formula is C4H6NO4. The van der Waals surface area contributed by atoms with Gasteiger partial charge in [-0.25, -0.2) is 0 Å². The molecule has 9 heavy (non-hydrogen) atoms. The molecule has 0 aliphatic carbocycles. The lowest BCUT2D eigenvalue weighted by Crippen LogP contribution is -2.04. The van der Waals surface area contributed by atoms with Gasteiger partial charge in [-0.2, -0.15) is 0 Å². The summed E-state index contributed by atoms with van der Waals surface area (Å²) in [5.74, 6) is -0.605. The fourth-order valence-corrected chi connectivity index (χ4v) is 0.232. The molecule has 0 aromatic rings. The van der Waals surface area contributed by atoms with Gasteiger partial charge in [0.2, 0.25) is 0 Å². The average molecular weight is 132 g/mol. The van der Waals surface area contributed by atoms with Crippen molar-refractivity contribution in [3.8, 4) is 0 Å². The Morgan fingerprint density at radius 2 is 2.44 bits per heavy atom. The quantitative estimate of drug-likeness (QED) is 0.307.